The summed E-state index contributed by atoms with van der Waals surface area (Å²) in [7, 11) is 0. The highest BCUT2D eigenvalue weighted by atomic mass is 16.5. The molecular formula is C18H25NO3. The summed E-state index contributed by atoms with van der Waals surface area (Å²) in [6.07, 6.45) is 4.70. The Hall–Kier alpha value is -1.68. The molecule has 0 atom stereocenters. The molecule has 0 saturated carbocycles. The average molecular weight is 303 g/mol. The first-order valence-corrected chi connectivity index (χ1v) is 8.20. The van der Waals surface area contributed by atoms with E-state index in [1.54, 1.807) is 0 Å². The zero-order valence-corrected chi connectivity index (χ0v) is 13.3. The second-order valence-corrected chi connectivity index (χ2v) is 5.66. The number of ether oxygens (including phenoxy) is 1. The maximum absolute atomic E-state index is 12.2. The average Bonchev–Trinajstić information content (AvgIpc) is 2.99. The lowest BCUT2D eigenvalue weighted by Crippen LogP contribution is -2.25. The monoisotopic (exact) mass is 303 g/mol. The fourth-order valence-electron chi connectivity index (χ4n) is 2.75. The van der Waals surface area contributed by atoms with E-state index in [0.29, 0.717) is 19.8 Å². The SMILES string of the molecule is CCOCCCNC(=O)CCC(=O)c1ccc2c(c1)CCC2. The van der Waals surface area contributed by atoms with Crippen molar-refractivity contribution in [1.29, 1.82) is 0 Å². The third-order valence-corrected chi connectivity index (χ3v) is 3.99. The van der Waals surface area contributed by atoms with Gasteiger partial charge in [-0.05, 0) is 49.8 Å². The number of carbonyl (C=O) groups excluding carboxylic acids is 2. The largest absolute Gasteiger partial charge is 0.382 e. The number of hydrogen-bond donors (Lipinski definition) is 1. The highest BCUT2D eigenvalue weighted by Crippen LogP contribution is 2.23. The summed E-state index contributed by atoms with van der Waals surface area (Å²) in [6.45, 7) is 3.91. The van der Waals surface area contributed by atoms with Crippen LogP contribution in [0.15, 0.2) is 18.2 Å². The summed E-state index contributed by atoms with van der Waals surface area (Å²) < 4.78 is 5.20. The van der Waals surface area contributed by atoms with Crippen LogP contribution in [0.4, 0.5) is 0 Å². The van der Waals surface area contributed by atoms with Crippen LogP contribution in [-0.4, -0.2) is 31.4 Å². The van der Waals surface area contributed by atoms with E-state index in [1.807, 2.05) is 19.1 Å². The van der Waals surface area contributed by atoms with Gasteiger partial charge in [0.25, 0.3) is 0 Å². The van der Waals surface area contributed by atoms with Crippen molar-refractivity contribution in [2.75, 3.05) is 19.8 Å². The minimum Gasteiger partial charge on any atom is -0.382 e. The van der Waals surface area contributed by atoms with E-state index in [2.05, 4.69) is 11.4 Å². The van der Waals surface area contributed by atoms with Crippen LogP contribution in [0.2, 0.25) is 0 Å². The fourth-order valence-corrected chi connectivity index (χ4v) is 2.75. The summed E-state index contributed by atoms with van der Waals surface area (Å²) in [6, 6.07) is 5.96. The molecule has 0 bridgehead atoms. The number of fused-ring (bicyclic) bond motifs is 1. The fraction of sp³-hybridized carbons (Fsp3) is 0.556. The van der Waals surface area contributed by atoms with Gasteiger partial charge in [-0.25, -0.2) is 0 Å². The van der Waals surface area contributed by atoms with Gasteiger partial charge >= 0.3 is 0 Å². The lowest BCUT2D eigenvalue weighted by molar-refractivity contribution is -0.121. The topological polar surface area (TPSA) is 55.4 Å². The molecule has 4 heteroatoms. The summed E-state index contributed by atoms with van der Waals surface area (Å²) in [5.41, 5.74) is 3.40. The number of carbonyl (C=O) groups is 2. The zero-order chi connectivity index (χ0) is 15.8. The molecule has 120 valence electrons. The molecule has 0 heterocycles. The minimum absolute atomic E-state index is 0.0548. The van der Waals surface area contributed by atoms with Crippen molar-refractivity contribution in [3.63, 3.8) is 0 Å². The van der Waals surface area contributed by atoms with E-state index >= 15 is 0 Å². The van der Waals surface area contributed by atoms with E-state index in [1.165, 1.54) is 17.5 Å². The van der Waals surface area contributed by atoms with Crippen molar-refractivity contribution < 1.29 is 14.3 Å². The summed E-state index contributed by atoms with van der Waals surface area (Å²) >= 11 is 0. The van der Waals surface area contributed by atoms with E-state index < -0.39 is 0 Å². The Labute approximate surface area is 132 Å². The zero-order valence-electron chi connectivity index (χ0n) is 13.3. The first-order valence-electron chi connectivity index (χ1n) is 8.20. The highest BCUT2D eigenvalue weighted by molar-refractivity contribution is 5.98. The molecule has 0 spiro atoms. The number of hydrogen-bond acceptors (Lipinski definition) is 3. The lowest BCUT2D eigenvalue weighted by atomic mass is 10.0. The second-order valence-electron chi connectivity index (χ2n) is 5.66. The van der Waals surface area contributed by atoms with Crippen LogP contribution in [0.5, 0.6) is 0 Å². The summed E-state index contributed by atoms with van der Waals surface area (Å²) in [5.74, 6) is -0.00910. The molecular weight excluding hydrogens is 278 g/mol. The molecule has 4 nitrogen and oxygen atoms in total. The Morgan fingerprint density at radius 1 is 1.18 bits per heavy atom. The number of aryl methyl sites for hydroxylation is 2. The van der Waals surface area contributed by atoms with E-state index in [-0.39, 0.29) is 24.5 Å². The molecule has 1 aromatic carbocycles. The Morgan fingerprint density at radius 2 is 2.00 bits per heavy atom. The maximum atomic E-state index is 12.2. The van der Waals surface area contributed by atoms with Crippen LogP contribution < -0.4 is 5.32 Å². The van der Waals surface area contributed by atoms with Gasteiger partial charge in [0.15, 0.2) is 5.78 Å². The Balaban J connectivity index is 1.70. The Kier molecular flexibility index (Phi) is 6.59. The molecule has 1 aliphatic carbocycles. The van der Waals surface area contributed by atoms with Gasteiger partial charge < -0.3 is 10.1 Å². The van der Waals surface area contributed by atoms with Gasteiger partial charge in [0.05, 0.1) is 0 Å². The van der Waals surface area contributed by atoms with Crippen LogP contribution in [0.25, 0.3) is 0 Å². The Morgan fingerprint density at radius 3 is 2.82 bits per heavy atom. The standard InChI is InChI=1S/C18H25NO3/c1-2-22-12-4-11-19-18(21)10-9-17(20)16-8-7-14-5-3-6-15(14)13-16/h7-8,13H,2-6,9-12H2,1H3,(H,19,21). The number of benzene rings is 1. The minimum atomic E-state index is -0.0639. The summed E-state index contributed by atoms with van der Waals surface area (Å²) in [5, 5.41) is 2.82. The number of ketones is 1. The van der Waals surface area contributed by atoms with Crippen LogP contribution in [0, 0.1) is 0 Å². The maximum Gasteiger partial charge on any atom is 0.220 e. The molecule has 1 amide bonds. The predicted molar refractivity (Wildman–Crippen MR) is 86.2 cm³/mol. The summed E-state index contributed by atoms with van der Waals surface area (Å²) in [4.78, 5) is 23.9. The van der Waals surface area contributed by atoms with Gasteiger partial charge in [0.1, 0.15) is 0 Å². The number of amides is 1. The van der Waals surface area contributed by atoms with Gasteiger partial charge in [-0.3, -0.25) is 9.59 Å². The molecule has 0 radical (unpaired) electrons. The number of nitrogens with one attached hydrogen (secondary N) is 1. The van der Waals surface area contributed by atoms with Crippen LogP contribution >= 0.6 is 0 Å². The molecule has 22 heavy (non-hydrogen) atoms. The molecule has 1 N–H and O–H groups in total. The highest BCUT2D eigenvalue weighted by Gasteiger charge is 2.14. The normalized spacial score (nSPS) is 13.0. The van der Waals surface area contributed by atoms with Crippen molar-refractivity contribution >= 4 is 11.7 Å². The predicted octanol–water partition coefficient (Wildman–Crippen LogP) is 2.68. The third kappa shape index (κ3) is 4.95. The quantitative estimate of drug-likeness (QED) is 0.563. The van der Waals surface area contributed by atoms with Gasteiger partial charge in [0, 0.05) is 38.2 Å². The molecule has 0 aliphatic heterocycles. The van der Waals surface area contributed by atoms with Crippen molar-refractivity contribution in [3.05, 3.63) is 34.9 Å². The molecule has 1 aliphatic rings. The van der Waals surface area contributed by atoms with Crippen molar-refractivity contribution in [3.8, 4) is 0 Å². The van der Waals surface area contributed by atoms with Gasteiger partial charge in [0.2, 0.25) is 5.91 Å². The van der Waals surface area contributed by atoms with Gasteiger partial charge in [-0.15, -0.1) is 0 Å². The van der Waals surface area contributed by atoms with E-state index in [0.717, 1.165) is 24.8 Å². The van der Waals surface area contributed by atoms with E-state index in [4.69, 9.17) is 4.74 Å². The molecule has 0 aromatic heterocycles. The van der Waals surface area contributed by atoms with Crippen LogP contribution in [-0.2, 0) is 22.4 Å². The lowest BCUT2D eigenvalue weighted by Gasteiger charge is -2.06. The molecule has 1 aromatic rings. The van der Waals surface area contributed by atoms with Crippen molar-refractivity contribution in [1.82, 2.24) is 5.32 Å². The van der Waals surface area contributed by atoms with Crippen LogP contribution in [0.1, 0.15) is 54.1 Å². The molecule has 0 fully saturated rings. The van der Waals surface area contributed by atoms with Crippen LogP contribution in [0.3, 0.4) is 0 Å². The first kappa shape index (κ1) is 16.7. The Bertz CT molecular complexity index is 525. The second kappa shape index (κ2) is 8.69. The number of Topliss-reactive ketones (excluding diaryl/α,β-unsaturated/α-hetero) is 1. The molecule has 2 rings (SSSR count). The van der Waals surface area contributed by atoms with Crippen molar-refractivity contribution in [2.24, 2.45) is 0 Å². The third-order valence-electron chi connectivity index (χ3n) is 3.99. The van der Waals surface area contributed by atoms with Crippen molar-refractivity contribution in [2.45, 2.75) is 45.4 Å². The molecule has 0 saturated heterocycles. The van der Waals surface area contributed by atoms with Gasteiger partial charge in [-0.2, -0.15) is 0 Å². The van der Waals surface area contributed by atoms with Gasteiger partial charge in [-0.1, -0.05) is 12.1 Å². The molecule has 0 unspecified atom stereocenters. The number of rotatable bonds is 9. The smallest absolute Gasteiger partial charge is 0.220 e. The first-order chi connectivity index (χ1) is 10.7. The van der Waals surface area contributed by atoms with E-state index in [9.17, 15) is 9.59 Å².